The van der Waals surface area contributed by atoms with Crippen molar-refractivity contribution in [2.24, 2.45) is 5.92 Å². The lowest BCUT2D eigenvalue weighted by Gasteiger charge is -2.15. The Morgan fingerprint density at radius 1 is 1.06 bits per heavy atom. The largest absolute Gasteiger partial charge is 0.391 e. The lowest BCUT2D eigenvalue weighted by Crippen LogP contribution is -2.21. The van der Waals surface area contributed by atoms with Crippen LogP contribution < -0.4 is 5.32 Å². The maximum atomic E-state index is 9.83. The standard InChI is InChI=1S/C16H21NO/c1-12(2)9-16(18)11-17-15-8-7-13-5-3-4-6-14(13)10-15/h3-8,10,12,16-18H,9,11H2,1-2H3. The molecule has 0 saturated carbocycles. The topological polar surface area (TPSA) is 32.3 Å². The van der Waals surface area contributed by atoms with E-state index < -0.39 is 0 Å². The molecule has 0 heterocycles. The van der Waals surface area contributed by atoms with Crippen LogP contribution >= 0.6 is 0 Å². The molecule has 0 aromatic heterocycles. The first-order chi connectivity index (χ1) is 8.65. The predicted octanol–water partition coefficient (Wildman–Crippen LogP) is 3.66. The highest BCUT2D eigenvalue weighted by atomic mass is 16.3. The van der Waals surface area contributed by atoms with Crippen molar-refractivity contribution in [2.75, 3.05) is 11.9 Å². The predicted molar refractivity (Wildman–Crippen MR) is 77.9 cm³/mol. The lowest BCUT2D eigenvalue weighted by molar-refractivity contribution is 0.161. The van der Waals surface area contributed by atoms with Crippen LogP contribution in [0, 0.1) is 5.92 Å². The van der Waals surface area contributed by atoms with Crippen molar-refractivity contribution in [3.63, 3.8) is 0 Å². The van der Waals surface area contributed by atoms with Gasteiger partial charge >= 0.3 is 0 Å². The summed E-state index contributed by atoms with van der Waals surface area (Å²) < 4.78 is 0. The van der Waals surface area contributed by atoms with E-state index >= 15 is 0 Å². The van der Waals surface area contributed by atoms with E-state index in [1.165, 1.54) is 10.8 Å². The Labute approximate surface area is 109 Å². The zero-order chi connectivity index (χ0) is 13.0. The molecule has 0 fully saturated rings. The quantitative estimate of drug-likeness (QED) is 0.840. The fourth-order valence-corrected chi connectivity index (χ4v) is 2.16. The van der Waals surface area contributed by atoms with Gasteiger partial charge < -0.3 is 10.4 Å². The smallest absolute Gasteiger partial charge is 0.0715 e. The van der Waals surface area contributed by atoms with Crippen molar-refractivity contribution in [1.82, 2.24) is 0 Å². The van der Waals surface area contributed by atoms with Crippen LogP contribution in [0.1, 0.15) is 20.3 Å². The van der Waals surface area contributed by atoms with E-state index in [2.05, 4.69) is 49.5 Å². The molecule has 1 unspecified atom stereocenters. The Hall–Kier alpha value is -1.54. The van der Waals surface area contributed by atoms with Crippen LogP contribution in [0.25, 0.3) is 10.8 Å². The zero-order valence-corrected chi connectivity index (χ0v) is 11.1. The molecule has 1 atom stereocenters. The van der Waals surface area contributed by atoms with Gasteiger partial charge in [0.05, 0.1) is 6.10 Å². The van der Waals surface area contributed by atoms with Crippen LogP contribution in [0.2, 0.25) is 0 Å². The second-order valence-electron chi connectivity index (χ2n) is 5.23. The molecule has 0 aliphatic carbocycles. The van der Waals surface area contributed by atoms with E-state index in [4.69, 9.17) is 0 Å². The van der Waals surface area contributed by atoms with E-state index in [-0.39, 0.29) is 6.10 Å². The molecule has 0 saturated heterocycles. The normalized spacial score (nSPS) is 12.9. The van der Waals surface area contributed by atoms with E-state index in [0.717, 1.165) is 12.1 Å². The zero-order valence-electron chi connectivity index (χ0n) is 11.1. The second-order valence-corrected chi connectivity index (χ2v) is 5.23. The fourth-order valence-electron chi connectivity index (χ4n) is 2.16. The second kappa shape index (κ2) is 5.87. The number of hydrogen-bond donors (Lipinski definition) is 2. The Morgan fingerprint density at radius 2 is 1.78 bits per heavy atom. The molecule has 2 aromatic rings. The molecule has 0 radical (unpaired) electrons. The first-order valence-electron chi connectivity index (χ1n) is 6.56. The average molecular weight is 243 g/mol. The minimum absolute atomic E-state index is 0.281. The van der Waals surface area contributed by atoms with E-state index in [1.54, 1.807) is 0 Å². The van der Waals surface area contributed by atoms with Gasteiger partial charge in [-0.1, -0.05) is 44.2 Å². The Bertz CT molecular complexity index is 507. The molecule has 0 bridgehead atoms. The van der Waals surface area contributed by atoms with Crippen LogP contribution in [0.4, 0.5) is 5.69 Å². The summed E-state index contributed by atoms with van der Waals surface area (Å²) in [6.07, 6.45) is 0.553. The molecule has 0 aliphatic rings. The number of aliphatic hydroxyl groups excluding tert-OH is 1. The van der Waals surface area contributed by atoms with Gasteiger partial charge in [-0.15, -0.1) is 0 Å². The number of rotatable bonds is 5. The van der Waals surface area contributed by atoms with Crippen molar-refractivity contribution >= 4 is 16.5 Å². The third kappa shape index (κ3) is 3.47. The number of nitrogens with one attached hydrogen (secondary N) is 1. The van der Waals surface area contributed by atoms with Gasteiger partial charge in [0.2, 0.25) is 0 Å². The summed E-state index contributed by atoms with van der Waals surface area (Å²) in [5, 5.41) is 15.6. The average Bonchev–Trinajstić information content (AvgIpc) is 2.35. The molecule has 0 aliphatic heterocycles. The number of aliphatic hydroxyl groups is 1. The van der Waals surface area contributed by atoms with Crippen LogP contribution in [0.15, 0.2) is 42.5 Å². The van der Waals surface area contributed by atoms with E-state index in [1.807, 2.05) is 12.1 Å². The highest BCUT2D eigenvalue weighted by molar-refractivity contribution is 5.85. The molecule has 2 heteroatoms. The summed E-state index contributed by atoms with van der Waals surface area (Å²) in [6.45, 7) is 4.86. The molecular formula is C16H21NO. The summed E-state index contributed by atoms with van der Waals surface area (Å²) >= 11 is 0. The maximum absolute atomic E-state index is 9.83. The first kappa shape index (κ1) is 12.9. The van der Waals surface area contributed by atoms with Crippen LogP contribution in [-0.4, -0.2) is 17.8 Å². The van der Waals surface area contributed by atoms with Gasteiger partial charge in [-0.05, 0) is 35.2 Å². The van der Waals surface area contributed by atoms with Crippen molar-refractivity contribution in [2.45, 2.75) is 26.4 Å². The summed E-state index contributed by atoms with van der Waals surface area (Å²) in [4.78, 5) is 0. The van der Waals surface area contributed by atoms with Crippen molar-refractivity contribution < 1.29 is 5.11 Å². The first-order valence-corrected chi connectivity index (χ1v) is 6.56. The maximum Gasteiger partial charge on any atom is 0.0715 e. The van der Waals surface area contributed by atoms with Gasteiger partial charge in [0.1, 0.15) is 0 Å². The molecule has 18 heavy (non-hydrogen) atoms. The summed E-state index contributed by atoms with van der Waals surface area (Å²) in [6, 6.07) is 14.6. The minimum Gasteiger partial charge on any atom is -0.391 e. The minimum atomic E-state index is -0.281. The fraction of sp³-hybridized carbons (Fsp3) is 0.375. The van der Waals surface area contributed by atoms with E-state index in [0.29, 0.717) is 12.5 Å². The van der Waals surface area contributed by atoms with Crippen LogP contribution in [0.5, 0.6) is 0 Å². The molecule has 2 N–H and O–H groups in total. The molecule has 0 spiro atoms. The van der Waals surface area contributed by atoms with Gasteiger partial charge in [0.25, 0.3) is 0 Å². The SMILES string of the molecule is CC(C)CC(O)CNc1ccc2ccccc2c1. The van der Waals surface area contributed by atoms with Crippen molar-refractivity contribution in [3.05, 3.63) is 42.5 Å². The monoisotopic (exact) mass is 243 g/mol. The summed E-state index contributed by atoms with van der Waals surface area (Å²) in [5.74, 6) is 0.526. The third-order valence-corrected chi connectivity index (χ3v) is 3.03. The molecule has 2 aromatic carbocycles. The molecular weight excluding hydrogens is 222 g/mol. The number of benzene rings is 2. The Kier molecular flexibility index (Phi) is 4.21. The number of hydrogen-bond acceptors (Lipinski definition) is 2. The highest BCUT2D eigenvalue weighted by Crippen LogP contribution is 2.19. The summed E-state index contributed by atoms with van der Waals surface area (Å²) in [5.41, 5.74) is 1.07. The Balaban J connectivity index is 1.99. The van der Waals surface area contributed by atoms with Gasteiger partial charge in [-0.3, -0.25) is 0 Å². The van der Waals surface area contributed by atoms with Crippen LogP contribution in [0.3, 0.4) is 0 Å². The molecule has 2 nitrogen and oxygen atoms in total. The van der Waals surface area contributed by atoms with Gasteiger partial charge in [-0.25, -0.2) is 0 Å². The molecule has 0 amide bonds. The van der Waals surface area contributed by atoms with E-state index in [9.17, 15) is 5.11 Å². The Morgan fingerprint density at radius 3 is 2.50 bits per heavy atom. The van der Waals surface area contributed by atoms with Crippen molar-refractivity contribution in [3.8, 4) is 0 Å². The van der Waals surface area contributed by atoms with Crippen molar-refractivity contribution in [1.29, 1.82) is 0 Å². The lowest BCUT2D eigenvalue weighted by atomic mass is 10.1. The van der Waals surface area contributed by atoms with Gasteiger partial charge in [0.15, 0.2) is 0 Å². The molecule has 2 rings (SSSR count). The van der Waals surface area contributed by atoms with Crippen LogP contribution in [-0.2, 0) is 0 Å². The highest BCUT2D eigenvalue weighted by Gasteiger charge is 2.06. The van der Waals surface area contributed by atoms with Gasteiger partial charge in [0, 0.05) is 12.2 Å². The summed E-state index contributed by atoms with van der Waals surface area (Å²) in [7, 11) is 0. The number of fused-ring (bicyclic) bond motifs is 1. The number of anilines is 1. The molecule has 96 valence electrons. The third-order valence-electron chi connectivity index (χ3n) is 3.03. The van der Waals surface area contributed by atoms with Gasteiger partial charge in [-0.2, -0.15) is 0 Å².